The number of halogens is 2. The molecule has 0 heterocycles. The van der Waals surface area contributed by atoms with Crippen molar-refractivity contribution in [2.24, 2.45) is 0 Å². The fraction of sp³-hybridized carbons (Fsp3) is 0.364. The number of hydrogen-bond acceptors (Lipinski definition) is 5. The molecule has 0 fully saturated rings. The van der Waals surface area contributed by atoms with Crippen molar-refractivity contribution < 1.29 is 28.0 Å². The van der Waals surface area contributed by atoms with E-state index in [1.165, 1.54) is 14.2 Å². The van der Waals surface area contributed by atoms with Crippen molar-refractivity contribution in [3.05, 3.63) is 39.4 Å². The minimum atomic E-state index is -1.29. The molecule has 7 nitrogen and oxygen atoms in total. The van der Waals surface area contributed by atoms with E-state index in [-0.39, 0.29) is 6.54 Å². The number of rotatable bonds is 6. The number of nitrogens with zero attached hydrogens (tertiary/aromatic N) is 1. The van der Waals surface area contributed by atoms with Gasteiger partial charge in [0.25, 0.3) is 5.91 Å². The van der Waals surface area contributed by atoms with Crippen molar-refractivity contribution in [2.45, 2.75) is 6.29 Å². The fourth-order valence-corrected chi connectivity index (χ4v) is 1.38. The van der Waals surface area contributed by atoms with Crippen LogP contribution in [0.2, 0.25) is 0 Å². The van der Waals surface area contributed by atoms with Crippen LogP contribution in [-0.4, -0.2) is 37.9 Å². The van der Waals surface area contributed by atoms with E-state index in [9.17, 15) is 23.7 Å². The van der Waals surface area contributed by atoms with Gasteiger partial charge < -0.3 is 14.8 Å². The number of carbonyl (C=O) groups is 1. The Kier molecular flexibility index (Phi) is 5.47. The first kappa shape index (κ1) is 15.9. The number of benzene rings is 1. The van der Waals surface area contributed by atoms with Crippen LogP contribution in [0.25, 0.3) is 0 Å². The van der Waals surface area contributed by atoms with Crippen molar-refractivity contribution in [3.8, 4) is 0 Å². The number of ether oxygens (including phenoxy) is 2. The Morgan fingerprint density at radius 3 is 2.45 bits per heavy atom. The summed E-state index contributed by atoms with van der Waals surface area (Å²) in [7, 11) is 2.68. The van der Waals surface area contributed by atoms with Gasteiger partial charge in [0.05, 0.1) is 23.1 Å². The molecular weight excluding hydrogens is 278 g/mol. The van der Waals surface area contributed by atoms with Crippen LogP contribution >= 0.6 is 0 Å². The maximum absolute atomic E-state index is 13.5. The highest BCUT2D eigenvalue weighted by Gasteiger charge is 2.22. The highest BCUT2D eigenvalue weighted by Crippen LogP contribution is 2.21. The first-order valence-electron chi connectivity index (χ1n) is 5.38. The quantitative estimate of drug-likeness (QED) is 0.483. The van der Waals surface area contributed by atoms with Crippen molar-refractivity contribution in [3.63, 3.8) is 0 Å². The predicted molar refractivity (Wildman–Crippen MR) is 63.2 cm³/mol. The second-order valence-electron chi connectivity index (χ2n) is 3.65. The summed E-state index contributed by atoms with van der Waals surface area (Å²) in [5.74, 6) is -3.42. The van der Waals surface area contributed by atoms with Crippen LogP contribution in [0.15, 0.2) is 12.1 Å². The van der Waals surface area contributed by atoms with Crippen LogP contribution in [0.4, 0.5) is 14.5 Å². The third kappa shape index (κ3) is 3.68. The highest BCUT2D eigenvalue weighted by molar-refractivity contribution is 5.94. The van der Waals surface area contributed by atoms with Gasteiger partial charge in [-0.15, -0.1) is 0 Å². The molecule has 0 aromatic heterocycles. The highest BCUT2D eigenvalue weighted by atomic mass is 19.1. The van der Waals surface area contributed by atoms with E-state index in [0.717, 1.165) is 0 Å². The summed E-state index contributed by atoms with van der Waals surface area (Å²) < 4.78 is 36.5. The summed E-state index contributed by atoms with van der Waals surface area (Å²) in [5, 5.41) is 12.7. The lowest BCUT2D eigenvalue weighted by Gasteiger charge is -2.14. The third-order valence-corrected chi connectivity index (χ3v) is 2.43. The Morgan fingerprint density at radius 1 is 1.35 bits per heavy atom. The maximum atomic E-state index is 13.5. The Labute approximate surface area is 112 Å². The molecule has 0 aliphatic rings. The molecule has 20 heavy (non-hydrogen) atoms. The average molecular weight is 290 g/mol. The van der Waals surface area contributed by atoms with Crippen molar-refractivity contribution in [1.29, 1.82) is 0 Å². The number of nitro groups is 1. The normalized spacial score (nSPS) is 10.7. The number of nitrogens with one attached hydrogen (secondary N) is 1. The molecule has 0 aliphatic carbocycles. The summed E-state index contributed by atoms with van der Waals surface area (Å²) in [6.45, 7) is -0.0934. The molecular formula is C11H12F2N2O5. The molecule has 1 N–H and O–H groups in total. The van der Waals surface area contributed by atoms with Gasteiger partial charge >= 0.3 is 5.69 Å². The van der Waals surface area contributed by atoms with Gasteiger partial charge in [-0.05, 0) is 6.07 Å². The smallest absolute Gasteiger partial charge is 0.307 e. The van der Waals surface area contributed by atoms with Crippen LogP contribution < -0.4 is 5.32 Å². The maximum Gasteiger partial charge on any atom is 0.307 e. The van der Waals surface area contributed by atoms with Crippen molar-refractivity contribution in [1.82, 2.24) is 5.32 Å². The van der Waals surface area contributed by atoms with Gasteiger partial charge in [-0.25, -0.2) is 4.39 Å². The molecule has 1 aromatic carbocycles. The second kappa shape index (κ2) is 6.87. The van der Waals surface area contributed by atoms with Crippen LogP contribution in [-0.2, 0) is 9.47 Å². The van der Waals surface area contributed by atoms with E-state index in [1.54, 1.807) is 0 Å². The number of methoxy groups -OCH3 is 2. The molecule has 110 valence electrons. The summed E-state index contributed by atoms with van der Waals surface area (Å²) in [4.78, 5) is 21.0. The number of carbonyl (C=O) groups excluding carboxylic acids is 1. The minimum Gasteiger partial charge on any atom is -0.354 e. The Bertz CT molecular complexity index is 520. The van der Waals surface area contributed by atoms with Crippen molar-refractivity contribution >= 4 is 11.6 Å². The SMILES string of the molecule is COC(CNC(=O)c1cc(F)c([N+](=O)[O-])cc1F)OC. The molecule has 0 unspecified atom stereocenters. The molecule has 1 rings (SSSR count). The molecule has 1 amide bonds. The second-order valence-corrected chi connectivity index (χ2v) is 3.65. The monoisotopic (exact) mass is 290 g/mol. The third-order valence-electron chi connectivity index (χ3n) is 2.43. The number of hydrogen-bond donors (Lipinski definition) is 1. The molecule has 0 aliphatic heterocycles. The lowest BCUT2D eigenvalue weighted by molar-refractivity contribution is -0.387. The lowest BCUT2D eigenvalue weighted by atomic mass is 10.1. The zero-order chi connectivity index (χ0) is 15.3. The molecule has 9 heteroatoms. The zero-order valence-corrected chi connectivity index (χ0v) is 10.7. The Morgan fingerprint density at radius 2 is 1.95 bits per heavy atom. The van der Waals surface area contributed by atoms with Gasteiger partial charge in [0.2, 0.25) is 5.82 Å². The summed E-state index contributed by atoms with van der Waals surface area (Å²) in [5.41, 5.74) is -1.68. The van der Waals surface area contributed by atoms with Crippen LogP contribution in [0.3, 0.4) is 0 Å². The van der Waals surface area contributed by atoms with Gasteiger partial charge in [-0.3, -0.25) is 14.9 Å². The van der Waals surface area contributed by atoms with Crippen LogP contribution in [0.1, 0.15) is 10.4 Å². The van der Waals surface area contributed by atoms with E-state index < -0.39 is 40.0 Å². The number of nitro benzene ring substituents is 1. The van der Waals surface area contributed by atoms with E-state index in [2.05, 4.69) is 5.32 Å². The summed E-state index contributed by atoms with van der Waals surface area (Å²) in [6.07, 6.45) is -0.745. The molecule has 1 aromatic rings. The first-order chi connectivity index (χ1) is 9.40. The van der Waals surface area contributed by atoms with E-state index in [1.807, 2.05) is 0 Å². The molecule has 0 saturated heterocycles. The number of amides is 1. The predicted octanol–water partition coefficient (Wildman–Crippen LogP) is 1.22. The van der Waals surface area contributed by atoms with E-state index >= 15 is 0 Å². The Hall–Kier alpha value is -2.13. The van der Waals surface area contributed by atoms with Gasteiger partial charge in [0.15, 0.2) is 6.29 Å². The Balaban J connectivity index is 2.89. The largest absolute Gasteiger partial charge is 0.354 e. The van der Waals surface area contributed by atoms with Crippen LogP contribution in [0.5, 0.6) is 0 Å². The molecule has 0 saturated carbocycles. The fourth-order valence-electron chi connectivity index (χ4n) is 1.38. The molecule has 0 radical (unpaired) electrons. The van der Waals surface area contributed by atoms with E-state index in [0.29, 0.717) is 12.1 Å². The molecule has 0 spiro atoms. The van der Waals surface area contributed by atoms with Crippen molar-refractivity contribution in [2.75, 3.05) is 20.8 Å². The zero-order valence-electron chi connectivity index (χ0n) is 10.7. The summed E-state index contributed by atoms with van der Waals surface area (Å²) >= 11 is 0. The summed E-state index contributed by atoms with van der Waals surface area (Å²) in [6, 6.07) is 0.825. The molecule has 0 bridgehead atoms. The average Bonchev–Trinajstić information content (AvgIpc) is 2.41. The van der Waals surface area contributed by atoms with Gasteiger partial charge in [-0.2, -0.15) is 4.39 Å². The van der Waals surface area contributed by atoms with Gasteiger partial charge in [0, 0.05) is 14.2 Å². The van der Waals surface area contributed by atoms with Gasteiger partial charge in [-0.1, -0.05) is 0 Å². The minimum absolute atomic E-state index is 0.0934. The molecule has 0 atom stereocenters. The van der Waals surface area contributed by atoms with Crippen LogP contribution in [0, 0.1) is 21.7 Å². The standard InChI is InChI=1S/C11H12F2N2O5/c1-19-10(20-2)5-14-11(16)6-3-8(13)9(15(17)18)4-7(6)12/h3-4,10H,5H2,1-2H3,(H,14,16). The van der Waals surface area contributed by atoms with E-state index in [4.69, 9.17) is 9.47 Å². The first-order valence-corrected chi connectivity index (χ1v) is 5.38. The topological polar surface area (TPSA) is 90.7 Å². The van der Waals surface area contributed by atoms with Gasteiger partial charge in [0.1, 0.15) is 5.82 Å². The lowest BCUT2D eigenvalue weighted by Crippen LogP contribution is -2.34.